The topological polar surface area (TPSA) is 62.7 Å². The molecule has 0 saturated carbocycles. The Hall–Kier alpha value is -2.37. The number of rotatable bonds is 6. The van der Waals surface area contributed by atoms with Crippen LogP contribution in [-0.4, -0.2) is 21.0 Å². The lowest BCUT2D eigenvalue weighted by molar-refractivity contribution is 0.753. The average Bonchev–Trinajstić information content (AvgIpc) is 2.65. The van der Waals surface area contributed by atoms with Gasteiger partial charge in [-0.3, -0.25) is 4.98 Å². The zero-order chi connectivity index (χ0) is 18.5. The predicted octanol–water partition coefficient (Wildman–Crippen LogP) is 5.80. The Labute approximate surface area is 162 Å². The number of hydrogen-bond donors (Lipinski definition) is 2. The highest BCUT2D eigenvalue weighted by Gasteiger charge is 2.10. The van der Waals surface area contributed by atoms with Crippen LogP contribution in [0.1, 0.15) is 20.3 Å². The summed E-state index contributed by atoms with van der Waals surface area (Å²) in [7, 11) is 0. The molecule has 2 heterocycles. The highest BCUT2D eigenvalue weighted by Crippen LogP contribution is 2.28. The van der Waals surface area contributed by atoms with Gasteiger partial charge in [0.2, 0.25) is 5.95 Å². The molecule has 2 aromatic heterocycles. The molecule has 0 bridgehead atoms. The number of aromatic nitrogens is 3. The summed E-state index contributed by atoms with van der Waals surface area (Å²) in [6.45, 7) is 4.20. The van der Waals surface area contributed by atoms with E-state index in [1.165, 1.54) is 0 Å². The molecule has 0 unspecified atom stereocenters. The Morgan fingerprint density at radius 2 is 1.77 bits per heavy atom. The van der Waals surface area contributed by atoms with E-state index in [1.807, 2.05) is 24.3 Å². The average molecular weight is 388 g/mol. The van der Waals surface area contributed by atoms with Crippen LogP contribution in [0.15, 0.2) is 48.8 Å². The molecule has 0 saturated heterocycles. The molecule has 1 atom stereocenters. The number of benzene rings is 1. The summed E-state index contributed by atoms with van der Waals surface area (Å²) in [5.41, 5.74) is 2.57. The Morgan fingerprint density at radius 3 is 2.46 bits per heavy atom. The molecular weight excluding hydrogens is 369 g/mol. The second-order valence-electron chi connectivity index (χ2n) is 5.91. The van der Waals surface area contributed by atoms with Gasteiger partial charge in [0.05, 0.1) is 15.7 Å². The normalized spacial score (nSPS) is 11.8. The van der Waals surface area contributed by atoms with Crippen LogP contribution in [0.3, 0.4) is 0 Å². The van der Waals surface area contributed by atoms with Gasteiger partial charge < -0.3 is 10.6 Å². The third-order valence-corrected chi connectivity index (χ3v) is 4.62. The molecule has 3 aromatic rings. The van der Waals surface area contributed by atoms with E-state index in [2.05, 4.69) is 39.4 Å². The number of nitrogens with one attached hydrogen (secondary N) is 2. The van der Waals surface area contributed by atoms with Gasteiger partial charge in [0.15, 0.2) is 0 Å². The van der Waals surface area contributed by atoms with Crippen molar-refractivity contribution in [2.24, 2.45) is 0 Å². The second kappa shape index (κ2) is 8.34. The fourth-order valence-corrected chi connectivity index (χ4v) is 2.59. The van der Waals surface area contributed by atoms with Crippen LogP contribution in [0.25, 0.3) is 11.3 Å². The minimum atomic E-state index is 0.264. The Kier molecular flexibility index (Phi) is 5.91. The molecule has 5 nitrogen and oxygen atoms in total. The lowest BCUT2D eigenvalue weighted by atomic mass is 10.2. The summed E-state index contributed by atoms with van der Waals surface area (Å²) in [6.07, 6.45) is 4.45. The van der Waals surface area contributed by atoms with Crippen molar-refractivity contribution in [2.45, 2.75) is 26.3 Å². The number of anilines is 3. The van der Waals surface area contributed by atoms with E-state index in [4.69, 9.17) is 23.2 Å². The van der Waals surface area contributed by atoms with Gasteiger partial charge in [-0.2, -0.15) is 4.98 Å². The van der Waals surface area contributed by atoms with Crippen LogP contribution in [0.5, 0.6) is 0 Å². The van der Waals surface area contributed by atoms with Crippen LogP contribution in [-0.2, 0) is 0 Å². The molecule has 0 fully saturated rings. The molecule has 26 heavy (non-hydrogen) atoms. The fourth-order valence-electron chi connectivity index (χ4n) is 2.29. The van der Waals surface area contributed by atoms with Crippen molar-refractivity contribution in [1.29, 1.82) is 0 Å². The maximum Gasteiger partial charge on any atom is 0.225 e. The maximum atomic E-state index is 6.10. The SMILES string of the molecule is CC[C@@H](C)Nc1nc(Nc2ccc(Cl)c(Cl)c2)cc(-c2ccncc2)n1. The summed E-state index contributed by atoms with van der Waals surface area (Å²) in [6, 6.07) is 11.3. The van der Waals surface area contributed by atoms with Crippen LogP contribution in [0.2, 0.25) is 10.0 Å². The van der Waals surface area contributed by atoms with Gasteiger partial charge in [-0.05, 0) is 43.7 Å². The quantitative estimate of drug-likeness (QED) is 0.559. The molecular formula is C19H19Cl2N5. The van der Waals surface area contributed by atoms with Crippen molar-refractivity contribution >= 4 is 40.7 Å². The van der Waals surface area contributed by atoms with Crippen molar-refractivity contribution in [3.8, 4) is 11.3 Å². The van der Waals surface area contributed by atoms with E-state index in [0.717, 1.165) is 23.4 Å². The standard InChI is InChI=1S/C19H19Cl2N5/c1-3-12(2)23-19-25-17(13-6-8-22-9-7-13)11-18(26-19)24-14-4-5-15(20)16(21)10-14/h4-12H,3H2,1-2H3,(H2,23,24,25,26)/t12-/m1/s1. The van der Waals surface area contributed by atoms with E-state index in [1.54, 1.807) is 24.5 Å². The minimum Gasteiger partial charge on any atom is -0.352 e. The Balaban J connectivity index is 1.97. The third-order valence-electron chi connectivity index (χ3n) is 3.88. The molecule has 3 rings (SSSR count). The third kappa shape index (κ3) is 4.62. The Bertz CT molecular complexity index is 886. The monoisotopic (exact) mass is 387 g/mol. The smallest absolute Gasteiger partial charge is 0.225 e. The molecule has 0 aliphatic rings. The van der Waals surface area contributed by atoms with E-state index < -0.39 is 0 Å². The lowest BCUT2D eigenvalue weighted by Gasteiger charge is -2.15. The van der Waals surface area contributed by atoms with Crippen molar-refractivity contribution < 1.29 is 0 Å². The first kappa shape index (κ1) is 18.4. The summed E-state index contributed by atoms with van der Waals surface area (Å²) < 4.78 is 0. The van der Waals surface area contributed by atoms with Gasteiger partial charge in [-0.1, -0.05) is 30.1 Å². The first-order valence-corrected chi connectivity index (χ1v) is 9.09. The number of hydrogen-bond acceptors (Lipinski definition) is 5. The van der Waals surface area contributed by atoms with Crippen molar-refractivity contribution in [3.63, 3.8) is 0 Å². The van der Waals surface area contributed by atoms with E-state index >= 15 is 0 Å². The van der Waals surface area contributed by atoms with Gasteiger partial charge in [-0.25, -0.2) is 4.98 Å². The van der Waals surface area contributed by atoms with Crippen LogP contribution in [0, 0.1) is 0 Å². The zero-order valence-electron chi connectivity index (χ0n) is 14.5. The molecule has 134 valence electrons. The van der Waals surface area contributed by atoms with Crippen LogP contribution >= 0.6 is 23.2 Å². The summed E-state index contributed by atoms with van der Waals surface area (Å²) in [5.74, 6) is 1.23. The number of pyridine rings is 1. The zero-order valence-corrected chi connectivity index (χ0v) is 16.0. The molecule has 0 spiro atoms. The van der Waals surface area contributed by atoms with Gasteiger partial charge in [-0.15, -0.1) is 0 Å². The molecule has 7 heteroatoms. The highest BCUT2D eigenvalue weighted by molar-refractivity contribution is 6.42. The molecule has 0 radical (unpaired) electrons. The molecule has 2 N–H and O–H groups in total. The first-order valence-electron chi connectivity index (χ1n) is 8.33. The lowest BCUT2D eigenvalue weighted by Crippen LogP contribution is -2.16. The summed E-state index contributed by atoms with van der Waals surface area (Å²) in [5, 5.41) is 7.58. The Morgan fingerprint density at radius 1 is 1.00 bits per heavy atom. The molecule has 0 amide bonds. The highest BCUT2D eigenvalue weighted by atomic mass is 35.5. The number of halogens is 2. The summed E-state index contributed by atoms with van der Waals surface area (Å²) in [4.78, 5) is 13.3. The van der Waals surface area contributed by atoms with E-state index in [0.29, 0.717) is 21.8 Å². The largest absolute Gasteiger partial charge is 0.352 e. The predicted molar refractivity (Wildman–Crippen MR) is 108 cm³/mol. The van der Waals surface area contributed by atoms with Crippen LogP contribution < -0.4 is 10.6 Å². The van der Waals surface area contributed by atoms with Crippen molar-refractivity contribution in [3.05, 3.63) is 58.8 Å². The molecule has 0 aliphatic heterocycles. The van der Waals surface area contributed by atoms with Gasteiger partial charge in [0, 0.05) is 35.8 Å². The summed E-state index contributed by atoms with van der Waals surface area (Å²) >= 11 is 12.1. The maximum absolute atomic E-state index is 6.10. The minimum absolute atomic E-state index is 0.264. The van der Waals surface area contributed by atoms with Crippen LogP contribution in [0.4, 0.5) is 17.5 Å². The molecule has 1 aromatic carbocycles. The van der Waals surface area contributed by atoms with Crippen molar-refractivity contribution in [1.82, 2.24) is 15.0 Å². The van der Waals surface area contributed by atoms with Gasteiger partial charge in [0.1, 0.15) is 5.82 Å². The number of nitrogens with zero attached hydrogens (tertiary/aromatic N) is 3. The van der Waals surface area contributed by atoms with E-state index in [9.17, 15) is 0 Å². The van der Waals surface area contributed by atoms with E-state index in [-0.39, 0.29) is 6.04 Å². The fraction of sp³-hybridized carbons (Fsp3) is 0.211. The second-order valence-corrected chi connectivity index (χ2v) is 6.72. The van der Waals surface area contributed by atoms with Crippen molar-refractivity contribution in [2.75, 3.05) is 10.6 Å². The van der Waals surface area contributed by atoms with Gasteiger partial charge >= 0.3 is 0 Å². The molecule has 0 aliphatic carbocycles. The first-order chi connectivity index (χ1) is 12.5. The van der Waals surface area contributed by atoms with Gasteiger partial charge in [0.25, 0.3) is 0 Å².